The quantitative estimate of drug-likeness (QED) is 0.232. The molecule has 0 atom stereocenters. The molecule has 0 saturated heterocycles. The van der Waals surface area contributed by atoms with Crippen LogP contribution in [0.3, 0.4) is 0 Å². The third-order valence-corrected chi connectivity index (χ3v) is 9.02. The van der Waals surface area contributed by atoms with Gasteiger partial charge in [0.1, 0.15) is 10.0 Å². The topological polar surface area (TPSA) is 30.2 Å². The Morgan fingerprint density at radius 2 is 1.10 bits per heavy atom. The molecule has 0 radical (unpaired) electrons. The van der Waals surface area contributed by atoms with Crippen molar-refractivity contribution in [1.82, 2.24) is 0 Å². The minimum Gasteiger partial charge on any atom is -0.439 e. The molecule has 0 aliphatic rings. The van der Waals surface area contributed by atoms with Gasteiger partial charge in [-0.3, -0.25) is 4.79 Å². The Balaban J connectivity index is 2.08. The van der Waals surface area contributed by atoms with Gasteiger partial charge in [-0.05, 0) is 30.8 Å². The smallest absolute Gasteiger partial charge is 0.224 e. The summed E-state index contributed by atoms with van der Waals surface area (Å²) in [6.45, 7) is 1.97. The second kappa shape index (κ2) is 9.72. The van der Waals surface area contributed by atoms with Crippen molar-refractivity contribution in [2.24, 2.45) is 0 Å². The molecule has 152 valence electrons. The van der Waals surface area contributed by atoms with Crippen LogP contribution in [0.5, 0.6) is 0 Å². The molecule has 3 aromatic rings. The van der Waals surface area contributed by atoms with Gasteiger partial charge in [0.2, 0.25) is 5.43 Å². The average molecular weight is 568 g/mol. The van der Waals surface area contributed by atoms with Crippen molar-refractivity contribution in [3.8, 4) is 0 Å². The number of hydrogen-bond acceptors (Lipinski definition) is 4. The van der Waals surface area contributed by atoms with Crippen LogP contribution < -0.4 is 5.43 Å². The van der Waals surface area contributed by atoms with E-state index in [0.29, 0.717) is 0 Å². The largest absolute Gasteiger partial charge is 0.439 e. The molecule has 3 rings (SSSR count). The second-order valence-corrected chi connectivity index (χ2v) is 10.2. The van der Waals surface area contributed by atoms with Crippen LogP contribution in [0.2, 0.25) is 35.2 Å². The van der Waals surface area contributed by atoms with Gasteiger partial charge >= 0.3 is 0 Å². The lowest BCUT2D eigenvalue weighted by atomic mass is 10.2. The van der Waals surface area contributed by atoms with Gasteiger partial charge in [-0.15, -0.1) is 0 Å². The van der Waals surface area contributed by atoms with Gasteiger partial charge in [-0.2, -0.15) is 0 Å². The lowest BCUT2D eigenvalue weighted by Gasteiger charge is -2.13. The van der Waals surface area contributed by atoms with Gasteiger partial charge in [0.25, 0.3) is 0 Å². The Morgan fingerprint density at radius 1 is 0.655 bits per heavy atom. The number of benzene rings is 2. The summed E-state index contributed by atoms with van der Waals surface area (Å²) in [5.41, 5.74) is 0.505. The van der Waals surface area contributed by atoms with Gasteiger partial charge in [0.05, 0.1) is 30.0 Å². The predicted octanol–water partition coefficient (Wildman–Crippen LogP) is 9.82. The molecule has 0 unspecified atom stereocenters. The summed E-state index contributed by atoms with van der Waals surface area (Å²) in [4.78, 5) is 13.6. The van der Waals surface area contributed by atoms with E-state index in [2.05, 4.69) is 0 Å². The third kappa shape index (κ3) is 4.97. The Labute approximate surface area is 209 Å². The third-order valence-electron chi connectivity index (χ3n) is 3.54. The molecule has 11 heteroatoms. The van der Waals surface area contributed by atoms with Crippen LogP contribution in [-0.4, -0.2) is 0 Å². The number of rotatable bonds is 4. The summed E-state index contributed by atoms with van der Waals surface area (Å²) < 4.78 is 5.80. The number of aryl methyl sites for hydroxylation is 1. The maximum Gasteiger partial charge on any atom is 0.224 e. The van der Waals surface area contributed by atoms with E-state index in [0.717, 1.165) is 22.2 Å². The normalized spacial score (nSPS) is 11.2. The number of halogens is 7. The number of hydrogen-bond donors (Lipinski definition) is 0. The highest BCUT2D eigenvalue weighted by Gasteiger charge is 2.24. The van der Waals surface area contributed by atoms with Gasteiger partial charge < -0.3 is 4.42 Å². The van der Waals surface area contributed by atoms with E-state index in [1.807, 2.05) is 31.2 Å². The molecule has 0 saturated carbocycles. The first-order valence-electron chi connectivity index (χ1n) is 7.57. The van der Waals surface area contributed by atoms with Gasteiger partial charge in [-0.25, -0.2) is 0 Å². The summed E-state index contributed by atoms with van der Waals surface area (Å²) in [5.74, 6) is 0. The van der Waals surface area contributed by atoms with E-state index < -0.39 is 5.43 Å². The SMILES string of the molecule is Cc1ccc(Sc2oc(Sc3c(Cl)c(Cl)c(Cl)c(Cl)c3Cl)c(Cl)c(=O)c2Cl)cc1. The van der Waals surface area contributed by atoms with Crippen molar-refractivity contribution in [2.75, 3.05) is 0 Å². The first-order valence-corrected chi connectivity index (χ1v) is 11.9. The van der Waals surface area contributed by atoms with Crippen molar-refractivity contribution < 1.29 is 4.42 Å². The molecule has 1 aromatic heterocycles. The van der Waals surface area contributed by atoms with E-state index in [9.17, 15) is 4.79 Å². The molecule has 0 bridgehead atoms. The molecule has 2 aromatic carbocycles. The standard InChI is InChI=1S/C18H7Cl7O2S2/c1-6-2-4-7(5-3-6)28-17-13(24)15(26)14(25)18(27-17)29-16-11(22)9(20)8(19)10(21)12(16)23/h2-5H,1H3. The molecule has 0 fully saturated rings. The van der Waals surface area contributed by atoms with Crippen LogP contribution in [0.25, 0.3) is 0 Å². The lowest BCUT2D eigenvalue weighted by Crippen LogP contribution is -2.04. The Morgan fingerprint density at radius 3 is 1.62 bits per heavy atom. The summed E-state index contributed by atoms with van der Waals surface area (Å²) in [6.07, 6.45) is 0. The summed E-state index contributed by atoms with van der Waals surface area (Å²) in [5, 5.41) is 0.0253. The predicted molar refractivity (Wildman–Crippen MR) is 126 cm³/mol. The van der Waals surface area contributed by atoms with Crippen molar-refractivity contribution in [1.29, 1.82) is 0 Å². The molecule has 29 heavy (non-hydrogen) atoms. The van der Waals surface area contributed by atoms with Crippen LogP contribution in [0.4, 0.5) is 0 Å². The van der Waals surface area contributed by atoms with Gasteiger partial charge in [0.15, 0.2) is 10.2 Å². The summed E-state index contributed by atoms with van der Waals surface area (Å²) in [7, 11) is 0. The summed E-state index contributed by atoms with van der Waals surface area (Å²) >= 11 is 45.1. The fourth-order valence-electron chi connectivity index (χ4n) is 2.07. The van der Waals surface area contributed by atoms with Crippen molar-refractivity contribution in [2.45, 2.75) is 26.9 Å². The highest BCUT2D eigenvalue weighted by molar-refractivity contribution is 8.00. The zero-order valence-electron chi connectivity index (χ0n) is 14.1. The van der Waals surface area contributed by atoms with E-state index >= 15 is 0 Å². The summed E-state index contributed by atoms with van der Waals surface area (Å²) in [6, 6.07) is 7.61. The molecule has 1 heterocycles. The monoisotopic (exact) mass is 564 g/mol. The fourth-order valence-corrected chi connectivity index (χ4v) is 5.82. The van der Waals surface area contributed by atoms with Crippen molar-refractivity contribution >= 4 is 105 Å². The van der Waals surface area contributed by atoms with Gasteiger partial charge in [-0.1, -0.05) is 111 Å². The zero-order chi connectivity index (χ0) is 21.5. The van der Waals surface area contributed by atoms with Crippen LogP contribution in [0.15, 0.2) is 53.5 Å². The molecular weight excluding hydrogens is 561 g/mol. The van der Waals surface area contributed by atoms with E-state index in [4.69, 9.17) is 85.6 Å². The minimum atomic E-state index is -0.588. The molecule has 0 N–H and O–H groups in total. The van der Waals surface area contributed by atoms with E-state index in [-0.39, 0.29) is 50.2 Å². The first kappa shape index (κ1) is 23.8. The molecule has 0 spiro atoms. The maximum atomic E-state index is 12.5. The molecule has 0 aliphatic carbocycles. The Bertz CT molecular complexity index is 1130. The first-order chi connectivity index (χ1) is 13.6. The molecule has 0 aliphatic heterocycles. The van der Waals surface area contributed by atoms with E-state index in [1.54, 1.807) is 0 Å². The van der Waals surface area contributed by atoms with Crippen LogP contribution in [0.1, 0.15) is 5.56 Å². The minimum absolute atomic E-state index is 0.0203. The van der Waals surface area contributed by atoms with Gasteiger partial charge in [0, 0.05) is 4.90 Å². The van der Waals surface area contributed by atoms with E-state index in [1.165, 1.54) is 11.8 Å². The molecular formula is C18H7Cl7O2S2. The zero-order valence-corrected chi connectivity index (χ0v) is 21.0. The average Bonchev–Trinajstić information content (AvgIpc) is 2.71. The lowest BCUT2D eigenvalue weighted by molar-refractivity contribution is 0.373. The van der Waals surface area contributed by atoms with Crippen molar-refractivity contribution in [3.05, 3.63) is 75.2 Å². The molecule has 2 nitrogen and oxygen atoms in total. The highest BCUT2D eigenvalue weighted by atomic mass is 35.5. The maximum absolute atomic E-state index is 12.5. The fraction of sp³-hybridized carbons (Fsp3) is 0.0556. The highest BCUT2D eigenvalue weighted by Crippen LogP contribution is 2.50. The molecule has 0 amide bonds. The second-order valence-electron chi connectivity index (χ2n) is 5.55. The van der Waals surface area contributed by atoms with Crippen LogP contribution in [-0.2, 0) is 0 Å². The van der Waals surface area contributed by atoms with Crippen LogP contribution in [0, 0.1) is 6.92 Å². The van der Waals surface area contributed by atoms with Crippen LogP contribution >= 0.6 is 105 Å². The van der Waals surface area contributed by atoms with Crippen molar-refractivity contribution in [3.63, 3.8) is 0 Å². The Hall–Kier alpha value is 0.120. The Kier molecular flexibility index (Phi) is 7.97.